The van der Waals surface area contributed by atoms with E-state index in [0.29, 0.717) is 12.6 Å². The highest BCUT2D eigenvalue weighted by Crippen LogP contribution is 2.18. The van der Waals surface area contributed by atoms with Gasteiger partial charge in [-0.3, -0.25) is 9.69 Å². The molecule has 1 amide bonds. The van der Waals surface area contributed by atoms with Crippen LogP contribution in [0.1, 0.15) is 36.1 Å². The monoisotopic (exact) mass is 266 g/mol. The van der Waals surface area contributed by atoms with Gasteiger partial charge in [0, 0.05) is 17.5 Å². The van der Waals surface area contributed by atoms with Crippen LogP contribution in [-0.2, 0) is 11.3 Å². The number of rotatable bonds is 5. The number of amides is 1. The van der Waals surface area contributed by atoms with Gasteiger partial charge in [-0.05, 0) is 43.8 Å². The minimum absolute atomic E-state index is 0.165. The van der Waals surface area contributed by atoms with Crippen LogP contribution in [0.3, 0.4) is 0 Å². The molecule has 1 aromatic rings. The van der Waals surface area contributed by atoms with Gasteiger partial charge in [-0.2, -0.15) is 0 Å². The summed E-state index contributed by atoms with van der Waals surface area (Å²) in [6.07, 6.45) is 4.82. The van der Waals surface area contributed by atoms with Gasteiger partial charge in [-0.25, -0.2) is 0 Å². The number of carbonyl (C=O) groups is 1. The van der Waals surface area contributed by atoms with Gasteiger partial charge in [-0.1, -0.05) is 12.8 Å². The molecule has 0 radical (unpaired) electrons. The van der Waals surface area contributed by atoms with Crippen molar-refractivity contribution in [1.29, 1.82) is 0 Å². The minimum atomic E-state index is 0.165. The van der Waals surface area contributed by atoms with Crippen LogP contribution in [-0.4, -0.2) is 30.4 Å². The Hall–Kier alpha value is -0.870. The van der Waals surface area contributed by atoms with E-state index in [1.807, 2.05) is 7.05 Å². The van der Waals surface area contributed by atoms with Crippen molar-refractivity contribution in [3.05, 3.63) is 21.9 Å². The fourth-order valence-electron chi connectivity index (χ4n) is 2.46. The van der Waals surface area contributed by atoms with Gasteiger partial charge >= 0.3 is 0 Å². The number of nitrogens with zero attached hydrogens (tertiary/aromatic N) is 1. The number of hydrogen-bond acceptors (Lipinski definition) is 3. The molecule has 0 unspecified atom stereocenters. The van der Waals surface area contributed by atoms with Gasteiger partial charge in [0.1, 0.15) is 0 Å². The Kier molecular flexibility index (Phi) is 4.78. The van der Waals surface area contributed by atoms with E-state index in [4.69, 9.17) is 0 Å². The van der Waals surface area contributed by atoms with Crippen LogP contribution in [0.2, 0.25) is 0 Å². The van der Waals surface area contributed by atoms with Gasteiger partial charge in [0.15, 0.2) is 0 Å². The van der Waals surface area contributed by atoms with Crippen molar-refractivity contribution < 1.29 is 4.79 Å². The van der Waals surface area contributed by atoms with Crippen molar-refractivity contribution in [2.45, 2.75) is 45.2 Å². The first kappa shape index (κ1) is 13.6. The summed E-state index contributed by atoms with van der Waals surface area (Å²) in [6.45, 7) is 3.48. The first-order chi connectivity index (χ1) is 8.65. The van der Waals surface area contributed by atoms with E-state index in [1.54, 1.807) is 11.3 Å². The number of hydrogen-bond donors (Lipinski definition) is 1. The van der Waals surface area contributed by atoms with E-state index in [0.717, 1.165) is 19.4 Å². The van der Waals surface area contributed by atoms with E-state index >= 15 is 0 Å². The van der Waals surface area contributed by atoms with E-state index in [9.17, 15) is 4.79 Å². The molecule has 1 aliphatic carbocycles. The maximum atomic E-state index is 11.9. The molecule has 100 valence electrons. The van der Waals surface area contributed by atoms with Crippen molar-refractivity contribution in [1.82, 2.24) is 10.2 Å². The van der Waals surface area contributed by atoms with Crippen molar-refractivity contribution in [2.24, 2.45) is 0 Å². The van der Waals surface area contributed by atoms with Crippen molar-refractivity contribution in [2.75, 3.05) is 13.6 Å². The molecule has 1 fully saturated rings. The lowest BCUT2D eigenvalue weighted by atomic mass is 10.2. The fraction of sp³-hybridized carbons (Fsp3) is 0.643. The third kappa shape index (κ3) is 3.82. The predicted octanol–water partition coefficient (Wildman–Crippen LogP) is 2.55. The summed E-state index contributed by atoms with van der Waals surface area (Å²) < 4.78 is 0. The quantitative estimate of drug-likeness (QED) is 0.888. The molecule has 1 aliphatic rings. The highest BCUT2D eigenvalue weighted by molar-refractivity contribution is 7.10. The third-order valence-electron chi connectivity index (χ3n) is 3.52. The molecule has 4 heteroatoms. The molecule has 1 heterocycles. The molecule has 18 heavy (non-hydrogen) atoms. The summed E-state index contributed by atoms with van der Waals surface area (Å²) in [5.74, 6) is 0.165. The van der Waals surface area contributed by atoms with Crippen LogP contribution in [0, 0.1) is 6.92 Å². The van der Waals surface area contributed by atoms with E-state index in [1.165, 1.54) is 23.3 Å². The Balaban J connectivity index is 1.74. The standard InChI is InChI=1S/C14H22N2OS/c1-11-7-8-18-13(11)9-16(2)10-14(17)15-12-5-3-4-6-12/h7-8,12H,3-6,9-10H2,1-2H3,(H,15,17). The van der Waals surface area contributed by atoms with Crippen molar-refractivity contribution in [3.8, 4) is 0 Å². The average Bonchev–Trinajstić information content (AvgIpc) is 2.91. The smallest absolute Gasteiger partial charge is 0.234 e. The zero-order chi connectivity index (χ0) is 13.0. The lowest BCUT2D eigenvalue weighted by Crippen LogP contribution is -2.39. The Labute approximate surface area is 113 Å². The van der Waals surface area contributed by atoms with Gasteiger partial charge in [0.2, 0.25) is 5.91 Å². The summed E-state index contributed by atoms with van der Waals surface area (Å²) in [5.41, 5.74) is 1.32. The van der Waals surface area contributed by atoms with Crippen LogP contribution in [0.25, 0.3) is 0 Å². The van der Waals surface area contributed by atoms with Crippen LogP contribution in [0.4, 0.5) is 0 Å². The molecule has 0 spiro atoms. The number of thiophene rings is 1. The number of carbonyl (C=O) groups excluding carboxylic acids is 1. The molecule has 2 rings (SSSR count). The van der Waals surface area contributed by atoms with Crippen LogP contribution < -0.4 is 5.32 Å². The second-order valence-corrected chi connectivity index (χ2v) is 6.25. The first-order valence-corrected chi connectivity index (χ1v) is 7.54. The maximum absolute atomic E-state index is 11.9. The number of aryl methyl sites for hydroxylation is 1. The first-order valence-electron chi connectivity index (χ1n) is 6.66. The largest absolute Gasteiger partial charge is 0.352 e. The zero-order valence-corrected chi connectivity index (χ0v) is 12.1. The predicted molar refractivity (Wildman–Crippen MR) is 75.8 cm³/mol. The van der Waals surface area contributed by atoms with Gasteiger partial charge in [0.05, 0.1) is 6.54 Å². The molecule has 0 atom stereocenters. The van der Waals surface area contributed by atoms with Crippen molar-refractivity contribution in [3.63, 3.8) is 0 Å². The zero-order valence-electron chi connectivity index (χ0n) is 11.2. The Morgan fingerprint density at radius 1 is 1.50 bits per heavy atom. The molecule has 3 nitrogen and oxygen atoms in total. The Bertz CT molecular complexity index is 396. The summed E-state index contributed by atoms with van der Waals surface area (Å²) in [5, 5.41) is 5.24. The third-order valence-corrected chi connectivity index (χ3v) is 4.52. The molecule has 1 aromatic heterocycles. The van der Waals surface area contributed by atoms with Crippen LogP contribution >= 0.6 is 11.3 Å². The molecule has 0 saturated heterocycles. The molecule has 0 aromatic carbocycles. The lowest BCUT2D eigenvalue weighted by Gasteiger charge is -2.18. The summed E-state index contributed by atoms with van der Waals surface area (Å²) in [4.78, 5) is 15.3. The summed E-state index contributed by atoms with van der Waals surface area (Å²) >= 11 is 1.76. The highest BCUT2D eigenvalue weighted by atomic mass is 32.1. The molecular weight excluding hydrogens is 244 g/mol. The van der Waals surface area contributed by atoms with E-state index in [-0.39, 0.29) is 5.91 Å². The van der Waals surface area contributed by atoms with Gasteiger partial charge < -0.3 is 5.32 Å². The number of nitrogens with one attached hydrogen (secondary N) is 1. The maximum Gasteiger partial charge on any atom is 0.234 e. The highest BCUT2D eigenvalue weighted by Gasteiger charge is 2.17. The molecule has 0 bridgehead atoms. The second-order valence-electron chi connectivity index (χ2n) is 5.25. The Morgan fingerprint density at radius 2 is 2.22 bits per heavy atom. The van der Waals surface area contributed by atoms with E-state index < -0.39 is 0 Å². The summed E-state index contributed by atoms with van der Waals surface area (Å²) in [6, 6.07) is 2.56. The molecule has 1 N–H and O–H groups in total. The second kappa shape index (κ2) is 6.34. The molecule has 1 saturated carbocycles. The fourth-order valence-corrected chi connectivity index (χ4v) is 3.44. The van der Waals surface area contributed by atoms with Crippen molar-refractivity contribution >= 4 is 17.2 Å². The summed E-state index contributed by atoms with van der Waals surface area (Å²) in [7, 11) is 2.01. The van der Waals surface area contributed by atoms with E-state index in [2.05, 4.69) is 28.6 Å². The SMILES string of the molecule is Cc1ccsc1CN(C)CC(=O)NC1CCCC1. The Morgan fingerprint density at radius 3 is 2.83 bits per heavy atom. The molecule has 0 aliphatic heterocycles. The lowest BCUT2D eigenvalue weighted by molar-refractivity contribution is -0.122. The molecular formula is C14H22N2OS. The number of likely N-dealkylation sites (N-methyl/N-ethyl adjacent to an activating group) is 1. The van der Waals surface area contributed by atoms with Gasteiger partial charge in [0.25, 0.3) is 0 Å². The minimum Gasteiger partial charge on any atom is -0.352 e. The topological polar surface area (TPSA) is 32.3 Å². The van der Waals surface area contributed by atoms with Crippen LogP contribution in [0.5, 0.6) is 0 Å². The van der Waals surface area contributed by atoms with Gasteiger partial charge in [-0.15, -0.1) is 11.3 Å². The average molecular weight is 266 g/mol. The normalized spacial score (nSPS) is 16.4. The van der Waals surface area contributed by atoms with Crippen LogP contribution in [0.15, 0.2) is 11.4 Å².